The maximum absolute atomic E-state index is 13.8. The van der Waals surface area contributed by atoms with E-state index in [0.29, 0.717) is 20.9 Å². The summed E-state index contributed by atoms with van der Waals surface area (Å²) in [4.78, 5) is 35.8. The molecule has 0 spiro atoms. The lowest BCUT2D eigenvalue weighted by Crippen LogP contribution is -2.60. The van der Waals surface area contributed by atoms with Crippen LogP contribution in [0.15, 0.2) is 65.8 Å². The second kappa shape index (κ2) is 13.4. The normalized spacial score (nSPS) is 16.1. The molecular formula is C28H24F6N6O6S2. The molecule has 1 aliphatic rings. The van der Waals surface area contributed by atoms with Crippen LogP contribution < -0.4 is 25.0 Å². The van der Waals surface area contributed by atoms with Crippen LogP contribution in [0.25, 0.3) is 10.2 Å². The van der Waals surface area contributed by atoms with Gasteiger partial charge in [-0.25, -0.2) is 13.4 Å². The van der Waals surface area contributed by atoms with Gasteiger partial charge in [-0.3, -0.25) is 14.6 Å². The number of benzene rings is 2. The molecule has 1 aliphatic heterocycles. The van der Waals surface area contributed by atoms with Crippen molar-refractivity contribution in [1.29, 1.82) is 0 Å². The Morgan fingerprint density at radius 2 is 1.54 bits per heavy atom. The lowest BCUT2D eigenvalue weighted by molar-refractivity contribution is -0.275. The first kappa shape index (κ1) is 34.6. The molecule has 3 heterocycles. The number of fused-ring (bicyclic) bond motifs is 1. The van der Waals surface area contributed by atoms with Gasteiger partial charge in [-0.05, 0) is 42.0 Å². The molecule has 1 atom stereocenters. The summed E-state index contributed by atoms with van der Waals surface area (Å²) in [7, 11) is -3.02. The smallest absolute Gasteiger partial charge is 0.406 e. The number of amides is 2. The van der Waals surface area contributed by atoms with Gasteiger partial charge in [0.1, 0.15) is 17.5 Å². The summed E-state index contributed by atoms with van der Waals surface area (Å²) < 4.78 is 112. The zero-order valence-electron chi connectivity index (χ0n) is 24.5. The van der Waals surface area contributed by atoms with Crippen molar-refractivity contribution in [2.45, 2.75) is 30.2 Å². The number of thiazole rings is 1. The number of sulfonamides is 1. The van der Waals surface area contributed by atoms with E-state index in [9.17, 15) is 44.3 Å². The molecule has 2 amide bonds. The number of carbonyl (C=O) groups excluding carboxylic acids is 2. The van der Waals surface area contributed by atoms with Gasteiger partial charge in [0.15, 0.2) is 5.13 Å². The van der Waals surface area contributed by atoms with E-state index in [1.807, 2.05) is 0 Å². The minimum Gasteiger partial charge on any atom is -0.406 e. The average molecular weight is 719 g/mol. The van der Waals surface area contributed by atoms with Crippen molar-refractivity contribution in [2.75, 3.05) is 31.6 Å². The Balaban J connectivity index is 1.41. The van der Waals surface area contributed by atoms with Crippen LogP contribution in [-0.4, -0.2) is 80.0 Å². The fourth-order valence-electron chi connectivity index (χ4n) is 4.78. The Morgan fingerprint density at radius 1 is 0.938 bits per heavy atom. The topological polar surface area (TPSA) is 143 Å². The number of rotatable bonds is 9. The van der Waals surface area contributed by atoms with Crippen LogP contribution in [0, 0.1) is 0 Å². The van der Waals surface area contributed by atoms with Crippen LogP contribution in [0.1, 0.15) is 15.9 Å². The fourth-order valence-corrected chi connectivity index (χ4v) is 7.35. The fraction of sp³-hybridized carbons (Fsp3) is 0.286. The number of anilines is 1. The number of ether oxygens (including phenoxy) is 2. The van der Waals surface area contributed by atoms with Crippen molar-refractivity contribution < 1.29 is 53.8 Å². The number of carbonyl (C=O) groups is 2. The molecule has 12 nitrogen and oxygen atoms in total. The summed E-state index contributed by atoms with van der Waals surface area (Å²) in [5, 5.41) is 5.47. The van der Waals surface area contributed by atoms with Crippen molar-refractivity contribution in [2.24, 2.45) is 0 Å². The monoisotopic (exact) mass is 718 g/mol. The van der Waals surface area contributed by atoms with Crippen molar-refractivity contribution in [3.8, 4) is 11.5 Å². The van der Waals surface area contributed by atoms with Crippen LogP contribution in [0.2, 0.25) is 0 Å². The van der Waals surface area contributed by atoms with Gasteiger partial charge < -0.3 is 25.0 Å². The van der Waals surface area contributed by atoms with Gasteiger partial charge in [-0.15, -0.1) is 26.3 Å². The summed E-state index contributed by atoms with van der Waals surface area (Å²) in [6.45, 7) is -0.620. The molecule has 4 aromatic rings. The quantitative estimate of drug-likeness (QED) is 0.245. The van der Waals surface area contributed by atoms with Crippen LogP contribution in [0.5, 0.6) is 11.5 Å². The molecule has 2 aromatic heterocycles. The first-order valence-electron chi connectivity index (χ1n) is 13.8. The Kier molecular flexibility index (Phi) is 9.70. The Labute approximate surface area is 272 Å². The lowest BCUT2D eigenvalue weighted by atomic mass is 10.1. The molecule has 0 bridgehead atoms. The third-order valence-electron chi connectivity index (χ3n) is 6.96. The molecular weight excluding hydrogens is 694 g/mol. The van der Waals surface area contributed by atoms with E-state index in [0.717, 1.165) is 52.0 Å². The SMILES string of the molecule is CNC(=O)c1cncc2sc(N3CCN(S(=O)(=O)c4ccc(OC(F)(F)F)cc4)[C@@H](C(=O)NCc4ccc(OC(F)(F)F)cc4)C3)nc12. The predicted molar refractivity (Wildman–Crippen MR) is 159 cm³/mol. The van der Waals surface area contributed by atoms with Crippen LogP contribution in [-0.2, 0) is 21.4 Å². The highest BCUT2D eigenvalue weighted by Crippen LogP contribution is 2.33. The largest absolute Gasteiger partial charge is 0.573 e. The van der Waals surface area contributed by atoms with E-state index in [2.05, 4.69) is 30.1 Å². The maximum Gasteiger partial charge on any atom is 0.573 e. The van der Waals surface area contributed by atoms with E-state index in [-0.39, 0.29) is 31.7 Å². The van der Waals surface area contributed by atoms with E-state index in [4.69, 9.17) is 0 Å². The van der Waals surface area contributed by atoms with Crippen molar-refractivity contribution >= 4 is 48.5 Å². The van der Waals surface area contributed by atoms with Crippen LogP contribution in [0.4, 0.5) is 31.5 Å². The minimum atomic E-state index is -5.00. The highest BCUT2D eigenvalue weighted by molar-refractivity contribution is 7.89. The Bertz CT molecular complexity index is 1900. The van der Waals surface area contributed by atoms with Gasteiger partial charge in [-0.2, -0.15) is 4.31 Å². The van der Waals surface area contributed by atoms with E-state index in [1.165, 1.54) is 31.6 Å². The Hall–Kier alpha value is -4.69. The minimum absolute atomic E-state index is 0.0432. The summed E-state index contributed by atoms with van der Waals surface area (Å²) in [6, 6.07) is 6.77. The summed E-state index contributed by atoms with van der Waals surface area (Å²) in [5.74, 6) is -2.32. The number of piperazine rings is 1. The third-order valence-corrected chi connectivity index (χ3v) is 9.93. The Morgan fingerprint density at radius 3 is 2.12 bits per heavy atom. The summed E-state index contributed by atoms with van der Waals surface area (Å²) in [5.41, 5.74) is 0.928. The zero-order valence-corrected chi connectivity index (χ0v) is 26.1. The zero-order chi connectivity index (χ0) is 34.9. The van der Waals surface area contributed by atoms with Crippen molar-refractivity contribution in [3.05, 3.63) is 72.1 Å². The molecule has 2 aromatic carbocycles. The molecule has 48 heavy (non-hydrogen) atoms. The molecule has 1 fully saturated rings. The van der Waals surface area contributed by atoms with Gasteiger partial charge in [0.05, 0.1) is 20.7 Å². The molecule has 0 aliphatic carbocycles. The number of hydrogen-bond acceptors (Lipinski definition) is 10. The van der Waals surface area contributed by atoms with E-state index >= 15 is 0 Å². The predicted octanol–water partition coefficient (Wildman–Crippen LogP) is 4.04. The molecule has 1 saturated heterocycles. The third kappa shape index (κ3) is 8.05. The van der Waals surface area contributed by atoms with E-state index < -0.39 is 57.0 Å². The number of nitrogens with zero attached hydrogens (tertiary/aromatic N) is 4. The first-order chi connectivity index (χ1) is 22.5. The average Bonchev–Trinajstić information content (AvgIpc) is 3.47. The standard InChI is InChI=1S/C28H24F6N6O6S2/c1-35-24(41)20-13-36-14-22-23(20)38-26(47-22)39-10-11-40(48(43,44)19-8-6-18(7-9-19)46-28(32,33)34)21(15-39)25(42)37-12-16-2-4-17(5-3-16)45-27(29,30)31/h2-9,13-14,21H,10-12,15H2,1H3,(H,35,41)(H,37,42)/t21-/m1/s1. The second-order valence-corrected chi connectivity index (χ2v) is 13.0. The van der Waals surface area contributed by atoms with Gasteiger partial charge in [0.2, 0.25) is 15.9 Å². The summed E-state index contributed by atoms with van der Waals surface area (Å²) in [6.07, 6.45) is -7.04. The highest BCUT2D eigenvalue weighted by Gasteiger charge is 2.41. The molecule has 20 heteroatoms. The molecule has 0 radical (unpaired) electrons. The van der Waals surface area contributed by atoms with Gasteiger partial charge in [0, 0.05) is 45.6 Å². The number of halogens is 6. The van der Waals surface area contributed by atoms with Gasteiger partial charge in [-0.1, -0.05) is 23.5 Å². The second-order valence-electron chi connectivity index (χ2n) is 10.1. The molecule has 0 saturated carbocycles. The molecule has 5 rings (SSSR count). The number of nitrogens with one attached hydrogen (secondary N) is 2. The van der Waals surface area contributed by atoms with Crippen LogP contribution >= 0.6 is 11.3 Å². The maximum atomic E-state index is 13.8. The number of alkyl halides is 6. The first-order valence-corrected chi connectivity index (χ1v) is 16.0. The molecule has 256 valence electrons. The molecule has 2 N–H and O–H groups in total. The van der Waals surface area contributed by atoms with Crippen molar-refractivity contribution in [1.82, 2.24) is 24.9 Å². The van der Waals surface area contributed by atoms with Gasteiger partial charge >= 0.3 is 12.7 Å². The molecule has 0 unspecified atom stereocenters. The van der Waals surface area contributed by atoms with Crippen LogP contribution in [0.3, 0.4) is 0 Å². The van der Waals surface area contributed by atoms with E-state index in [1.54, 1.807) is 4.90 Å². The lowest BCUT2D eigenvalue weighted by Gasteiger charge is -2.39. The summed E-state index contributed by atoms with van der Waals surface area (Å²) >= 11 is 1.16. The number of aromatic nitrogens is 2. The number of pyridine rings is 1. The highest BCUT2D eigenvalue weighted by atomic mass is 32.2. The number of hydrogen-bond donors (Lipinski definition) is 2. The van der Waals surface area contributed by atoms with Gasteiger partial charge in [0.25, 0.3) is 5.91 Å². The van der Waals surface area contributed by atoms with Crippen molar-refractivity contribution in [3.63, 3.8) is 0 Å².